The van der Waals surface area contributed by atoms with Crippen molar-refractivity contribution >= 4 is 28.9 Å². The van der Waals surface area contributed by atoms with E-state index in [4.69, 9.17) is 14.5 Å². The van der Waals surface area contributed by atoms with E-state index in [1.54, 1.807) is 6.20 Å². The highest BCUT2D eigenvalue weighted by Crippen LogP contribution is 2.27. The Kier molecular flexibility index (Phi) is 8.80. The van der Waals surface area contributed by atoms with E-state index in [1.807, 2.05) is 72.8 Å². The lowest BCUT2D eigenvalue weighted by Gasteiger charge is -2.14. The van der Waals surface area contributed by atoms with E-state index in [0.29, 0.717) is 32.3 Å². The molecule has 2 heterocycles. The summed E-state index contributed by atoms with van der Waals surface area (Å²) in [6.07, 6.45) is 7.88. The summed E-state index contributed by atoms with van der Waals surface area (Å²) in [5.41, 5.74) is 6.38. The maximum atomic E-state index is 11.4. The Morgan fingerprint density at radius 2 is 1.93 bits per heavy atom. The molecule has 1 aromatic heterocycles. The van der Waals surface area contributed by atoms with Crippen LogP contribution in [-0.2, 0) is 22.7 Å². The third kappa shape index (κ3) is 7.55. The molecule has 8 nitrogen and oxygen atoms in total. The minimum Gasteiger partial charge on any atom is -0.493 e. The highest BCUT2D eigenvalue weighted by Gasteiger charge is 2.08. The third-order valence-electron chi connectivity index (χ3n) is 6.13. The van der Waals surface area contributed by atoms with Crippen LogP contribution in [0.4, 0.5) is 23.0 Å². The fraction of sp³-hybridized carbons (Fsp3) is 0.156. The maximum Gasteiger partial charge on any atom is 0.243 e. The van der Waals surface area contributed by atoms with Crippen molar-refractivity contribution in [2.75, 3.05) is 23.8 Å². The number of aromatic nitrogens is 2. The molecule has 1 amide bonds. The number of hydrogen-bond acceptors (Lipinski definition) is 7. The molecule has 0 radical (unpaired) electrons. The Morgan fingerprint density at radius 3 is 2.80 bits per heavy atom. The van der Waals surface area contributed by atoms with Gasteiger partial charge in [0.15, 0.2) is 0 Å². The number of nitrogens with zero attached hydrogens (tertiary/aromatic N) is 2. The average molecular weight is 534 g/mol. The van der Waals surface area contributed by atoms with Gasteiger partial charge in [0.25, 0.3) is 0 Å². The van der Waals surface area contributed by atoms with E-state index in [9.17, 15) is 4.79 Å². The van der Waals surface area contributed by atoms with Gasteiger partial charge in [0.2, 0.25) is 11.9 Å². The van der Waals surface area contributed by atoms with Crippen LogP contribution in [0.1, 0.15) is 17.5 Å². The van der Waals surface area contributed by atoms with Gasteiger partial charge in [-0.15, -0.1) is 0 Å². The molecule has 3 aromatic carbocycles. The largest absolute Gasteiger partial charge is 0.493 e. The molecule has 202 valence electrons. The van der Waals surface area contributed by atoms with Crippen molar-refractivity contribution in [1.82, 2.24) is 15.3 Å². The fourth-order valence-corrected chi connectivity index (χ4v) is 4.18. The number of carbonyl (C=O) groups excluding carboxylic acids is 1. The van der Waals surface area contributed by atoms with Gasteiger partial charge in [-0.3, -0.25) is 4.79 Å². The lowest BCUT2D eigenvalue weighted by atomic mass is 10.1. The summed E-state index contributed by atoms with van der Waals surface area (Å²) in [6, 6.07) is 23.8. The highest BCUT2D eigenvalue weighted by molar-refractivity contribution is 5.86. The van der Waals surface area contributed by atoms with Crippen LogP contribution >= 0.6 is 0 Å². The van der Waals surface area contributed by atoms with Crippen LogP contribution in [0.2, 0.25) is 0 Å². The van der Waals surface area contributed by atoms with Crippen LogP contribution in [0.3, 0.4) is 0 Å². The highest BCUT2D eigenvalue weighted by atomic mass is 16.5. The number of fused-ring (bicyclic) bond motifs is 7. The van der Waals surface area contributed by atoms with Crippen LogP contribution in [-0.4, -0.2) is 29.1 Å². The molecule has 40 heavy (non-hydrogen) atoms. The van der Waals surface area contributed by atoms with Gasteiger partial charge in [0, 0.05) is 35.4 Å². The van der Waals surface area contributed by atoms with Crippen molar-refractivity contribution < 1.29 is 14.3 Å². The summed E-state index contributed by atoms with van der Waals surface area (Å²) < 4.78 is 11.8. The van der Waals surface area contributed by atoms with Gasteiger partial charge >= 0.3 is 0 Å². The first-order valence-corrected chi connectivity index (χ1v) is 13.1. The van der Waals surface area contributed by atoms with Gasteiger partial charge in [-0.25, -0.2) is 9.97 Å². The quantitative estimate of drug-likeness (QED) is 0.205. The Bertz CT molecular complexity index is 1500. The Morgan fingerprint density at radius 1 is 1.02 bits per heavy atom. The maximum absolute atomic E-state index is 11.4. The number of ether oxygens (including phenoxy) is 2. The molecule has 5 rings (SSSR count). The number of benzene rings is 3. The minimum absolute atomic E-state index is 0.197. The van der Waals surface area contributed by atoms with Crippen molar-refractivity contribution in [2.24, 2.45) is 0 Å². The first-order chi connectivity index (χ1) is 19.6. The molecule has 3 N–H and O–H groups in total. The fourth-order valence-electron chi connectivity index (χ4n) is 4.18. The molecular formula is C32H31N5O3. The van der Waals surface area contributed by atoms with E-state index < -0.39 is 0 Å². The van der Waals surface area contributed by atoms with E-state index >= 15 is 0 Å². The van der Waals surface area contributed by atoms with Crippen molar-refractivity contribution in [1.29, 1.82) is 0 Å². The summed E-state index contributed by atoms with van der Waals surface area (Å²) in [7, 11) is 0. The van der Waals surface area contributed by atoms with Crippen molar-refractivity contribution in [3.63, 3.8) is 0 Å². The second-order valence-corrected chi connectivity index (χ2v) is 9.20. The SMILES string of the molecule is C=CC(=O)NCc1ccc(Nc2cc3cc(c2)Nc2nccc(n2)-c2cccc(c2)OCC/C=C/COC3)cc1. The second-order valence-electron chi connectivity index (χ2n) is 9.20. The number of rotatable bonds is 5. The lowest BCUT2D eigenvalue weighted by Crippen LogP contribution is -2.19. The van der Waals surface area contributed by atoms with Gasteiger partial charge in [0.05, 0.1) is 25.5 Å². The monoisotopic (exact) mass is 533 g/mol. The molecule has 4 aromatic rings. The normalized spacial score (nSPS) is 13.9. The van der Waals surface area contributed by atoms with Crippen LogP contribution in [0.15, 0.2) is 104 Å². The van der Waals surface area contributed by atoms with Crippen LogP contribution in [0.25, 0.3) is 11.3 Å². The number of anilines is 4. The second kappa shape index (κ2) is 13.2. The van der Waals surface area contributed by atoms with Gasteiger partial charge in [-0.1, -0.05) is 43.0 Å². The van der Waals surface area contributed by atoms with Crippen LogP contribution in [0.5, 0.6) is 5.75 Å². The van der Waals surface area contributed by atoms with Crippen molar-refractivity contribution in [3.05, 3.63) is 115 Å². The summed E-state index contributed by atoms with van der Waals surface area (Å²) in [6.45, 7) is 5.45. The molecule has 1 aliphatic rings. The van der Waals surface area contributed by atoms with Crippen LogP contribution < -0.4 is 20.7 Å². The van der Waals surface area contributed by atoms with Crippen molar-refractivity contribution in [2.45, 2.75) is 19.6 Å². The summed E-state index contributed by atoms with van der Waals surface area (Å²) in [5.74, 6) is 1.09. The van der Waals surface area contributed by atoms with E-state index in [0.717, 1.165) is 51.6 Å². The molecule has 0 spiro atoms. The van der Waals surface area contributed by atoms with Crippen LogP contribution in [0, 0.1) is 0 Å². The number of carbonyl (C=O) groups is 1. The average Bonchev–Trinajstić information content (AvgIpc) is 2.98. The zero-order valence-electron chi connectivity index (χ0n) is 22.1. The third-order valence-corrected chi connectivity index (χ3v) is 6.13. The summed E-state index contributed by atoms with van der Waals surface area (Å²) in [4.78, 5) is 20.6. The molecule has 0 saturated carbocycles. The minimum atomic E-state index is -0.197. The Balaban J connectivity index is 1.39. The van der Waals surface area contributed by atoms with Crippen molar-refractivity contribution in [3.8, 4) is 17.0 Å². The van der Waals surface area contributed by atoms with E-state index in [2.05, 4.69) is 39.7 Å². The molecule has 8 heteroatoms. The molecule has 0 fully saturated rings. The molecular weight excluding hydrogens is 502 g/mol. The molecule has 1 aliphatic heterocycles. The standard InChI is InChI=1S/C32H31N5O3/c1-2-31(38)34-21-23-9-11-26(12-10-23)35-27-17-24-18-28(20-27)36-32-33-14-13-30(37-32)25-7-6-8-29(19-25)40-16-5-3-4-15-39-22-24/h2-4,6-14,17-20,35H,1,5,15-16,21-22H2,(H,34,38)(H,33,36,37)/b4-3+. The zero-order valence-corrected chi connectivity index (χ0v) is 22.1. The zero-order chi connectivity index (χ0) is 27.6. The molecule has 0 atom stereocenters. The number of amides is 1. The molecule has 0 saturated heterocycles. The van der Waals surface area contributed by atoms with Gasteiger partial charge in [0.1, 0.15) is 5.75 Å². The predicted molar refractivity (Wildman–Crippen MR) is 158 cm³/mol. The topological polar surface area (TPSA) is 97.4 Å². The molecule has 6 bridgehead atoms. The first-order valence-electron chi connectivity index (χ1n) is 13.1. The number of nitrogens with one attached hydrogen (secondary N) is 3. The first kappa shape index (κ1) is 26.6. The van der Waals surface area contributed by atoms with Gasteiger partial charge in [-0.2, -0.15) is 0 Å². The van der Waals surface area contributed by atoms with Gasteiger partial charge < -0.3 is 25.4 Å². The van der Waals surface area contributed by atoms with E-state index in [-0.39, 0.29) is 5.91 Å². The molecule has 0 aliphatic carbocycles. The van der Waals surface area contributed by atoms with E-state index in [1.165, 1.54) is 6.08 Å². The van der Waals surface area contributed by atoms with Gasteiger partial charge in [-0.05, 0) is 72.2 Å². The summed E-state index contributed by atoms with van der Waals surface area (Å²) in [5, 5.41) is 9.61. The lowest BCUT2D eigenvalue weighted by molar-refractivity contribution is -0.116. The summed E-state index contributed by atoms with van der Waals surface area (Å²) >= 11 is 0. The smallest absolute Gasteiger partial charge is 0.243 e. The number of hydrogen-bond donors (Lipinski definition) is 3. The Labute approximate surface area is 233 Å². The Hall–Kier alpha value is -4.95. The predicted octanol–water partition coefficient (Wildman–Crippen LogP) is 6.29. The molecule has 0 unspecified atom stereocenters.